The second kappa shape index (κ2) is 7.56. The number of hydrogen-bond donors (Lipinski definition) is 2. The van der Waals surface area contributed by atoms with E-state index in [1.165, 1.54) is 12.4 Å². The number of fused-ring (bicyclic) bond motifs is 1. The van der Waals surface area contributed by atoms with Gasteiger partial charge < -0.3 is 20.1 Å². The van der Waals surface area contributed by atoms with Crippen LogP contribution in [-0.4, -0.2) is 29.1 Å². The molecule has 0 saturated heterocycles. The zero-order valence-corrected chi connectivity index (χ0v) is 15.7. The van der Waals surface area contributed by atoms with Crippen LogP contribution in [0.25, 0.3) is 0 Å². The number of carbonyl (C=O) groups excluding carboxylic acids is 1. The molecule has 1 amide bonds. The van der Waals surface area contributed by atoms with Crippen LogP contribution in [0.3, 0.4) is 0 Å². The van der Waals surface area contributed by atoms with Crippen LogP contribution in [0, 0.1) is 13.8 Å². The number of anilines is 3. The summed E-state index contributed by atoms with van der Waals surface area (Å²) in [5.74, 6) is 1.64. The van der Waals surface area contributed by atoms with E-state index in [2.05, 4.69) is 20.6 Å². The van der Waals surface area contributed by atoms with Gasteiger partial charge >= 0.3 is 0 Å². The first-order valence-electron chi connectivity index (χ1n) is 8.96. The quantitative estimate of drug-likeness (QED) is 0.719. The molecule has 7 nitrogen and oxygen atoms in total. The molecule has 0 atom stereocenters. The number of benzene rings is 2. The fourth-order valence-electron chi connectivity index (χ4n) is 2.84. The van der Waals surface area contributed by atoms with Crippen LogP contribution < -0.4 is 20.1 Å². The fourth-order valence-corrected chi connectivity index (χ4v) is 2.84. The number of ether oxygens (including phenoxy) is 2. The summed E-state index contributed by atoms with van der Waals surface area (Å²) in [5, 5.41) is 6.02. The Morgan fingerprint density at radius 2 is 1.79 bits per heavy atom. The van der Waals surface area contributed by atoms with Crippen LogP contribution in [0.1, 0.15) is 21.6 Å². The molecule has 7 heteroatoms. The lowest BCUT2D eigenvalue weighted by Gasteiger charge is -2.19. The fraction of sp³-hybridized carbons (Fsp3) is 0.190. The third-order valence-electron chi connectivity index (χ3n) is 4.34. The number of nitrogens with one attached hydrogen (secondary N) is 2. The highest BCUT2D eigenvalue weighted by molar-refractivity contribution is 6.03. The lowest BCUT2D eigenvalue weighted by atomic mass is 10.1. The molecule has 0 saturated carbocycles. The standard InChI is InChI=1S/C21H20N4O3/c1-13-3-4-14(2)16(9-13)25-21(26)17-11-23-20(12-22-17)24-15-5-6-18-19(10-15)28-8-7-27-18/h3-6,9-12H,7-8H2,1-2H3,(H,23,24)(H,25,26). The van der Waals surface area contributed by atoms with Crippen molar-refractivity contribution in [2.45, 2.75) is 13.8 Å². The summed E-state index contributed by atoms with van der Waals surface area (Å²) in [6.45, 7) is 5.01. The van der Waals surface area contributed by atoms with Crippen molar-refractivity contribution < 1.29 is 14.3 Å². The lowest BCUT2D eigenvalue weighted by Crippen LogP contribution is -2.15. The summed E-state index contributed by atoms with van der Waals surface area (Å²) in [6, 6.07) is 11.5. The zero-order valence-electron chi connectivity index (χ0n) is 15.7. The molecule has 4 rings (SSSR count). The van der Waals surface area contributed by atoms with Crippen molar-refractivity contribution in [1.82, 2.24) is 9.97 Å². The summed E-state index contributed by atoms with van der Waals surface area (Å²) in [6.07, 6.45) is 2.97. The average molecular weight is 376 g/mol. The molecule has 1 aromatic heterocycles. The van der Waals surface area contributed by atoms with Gasteiger partial charge in [0, 0.05) is 17.4 Å². The van der Waals surface area contributed by atoms with E-state index in [1.807, 2.05) is 50.2 Å². The summed E-state index contributed by atoms with van der Waals surface area (Å²) in [4.78, 5) is 20.9. The van der Waals surface area contributed by atoms with Gasteiger partial charge in [-0.15, -0.1) is 0 Å². The van der Waals surface area contributed by atoms with Crippen LogP contribution in [-0.2, 0) is 0 Å². The summed E-state index contributed by atoms with van der Waals surface area (Å²) in [7, 11) is 0. The lowest BCUT2D eigenvalue weighted by molar-refractivity contribution is 0.102. The first-order chi connectivity index (χ1) is 13.6. The minimum Gasteiger partial charge on any atom is -0.486 e. The van der Waals surface area contributed by atoms with Crippen molar-refractivity contribution >= 4 is 23.1 Å². The van der Waals surface area contributed by atoms with Crippen molar-refractivity contribution in [3.05, 3.63) is 65.6 Å². The Morgan fingerprint density at radius 3 is 2.57 bits per heavy atom. The first-order valence-corrected chi connectivity index (χ1v) is 8.96. The number of carbonyl (C=O) groups is 1. The van der Waals surface area contributed by atoms with E-state index in [9.17, 15) is 4.79 Å². The molecule has 2 N–H and O–H groups in total. The Morgan fingerprint density at radius 1 is 0.964 bits per heavy atom. The number of rotatable bonds is 4. The second-order valence-corrected chi connectivity index (χ2v) is 6.54. The average Bonchev–Trinajstić information content (AvgIpc) is 2.71. The molecule has 0 unspecified atom stereocenters. The number of amides is 1. The minimum absolute atomic E-state index is 0.244. The Balaban J connectivity index is 1.45. The highest BCUT2D eigenvalue weighted by Gasteiger charge is 2.13. The van der Waals surface area contributed by atoms with Crippen LogP contribution in [0.2, 0.25) is 0 Å². The van der Waals surface area contributed by atoms with E-state index in [0.717, 1.165) is 28.3 Å². The summed E-state index contributed by atoms with van der Waals surface area (Å²) in [5.41, 5.74) is 3.87. The maximum Gasteiger partial charge on any atom is 0.275 e. The number of nitrogens with zero attached hydrogens (tertiary/aromatic N) is 2. The monoisotopic (exact) mass is 376 g/mol. The molecule has 142 valence electrons. The van der Waals surface area contributed by atoms with Crippen molar-refractivity contribution in [3.63, 3.8) is 0 Å². The molecule has 1 aliphatic heterocycles. The molecule has 0 radical (unpaired) electrons. The van der Waals surface area contributed by atoms with Crippen molar-refractivity contribution in [2.75, 3.05) is 23.8 Å². The molecule has 0 bridgehead atoms. The Kier molecular flexibility index (Phi) is 4.80. The summed E-state index contributed by atoms with van der Waals surface area (Å²) < 4.78 is 11.1. The number of aryl methyl sites for hydroxylation is 2. The van der Waals surface area contributed by atoms with Crippen LogP contribution in [0.15, 0.2) is 48.8 Å². The predicted molar refractivity (Wildman–Crippen MR) is 107 cm³/mol. The van der Waals surface area contributed by atoms with Gasteiger partial charge in [0.1, 0.15) is 24.7 Å². The molecule has 28 heavy (non-hydrogen) atoms. The van der Waals surface area contributed by atoms with Crippen LogP contribution >= 0.6 is 0 Å². The Hall–Kier alpha value is -3.61. The zero-order chi connectivity index (χ0) is 19.5. The molecular weight excluding hydrogens is 356 g/mol. The molecule has 3 aromatic rings. The van der Waals surface area contributed by atoms with Crippen molar-refractivity contribution in [3.8, 4) is 11.5 Å². The molecule has 2 heterocycles. The molecule has 0 aliphatic carbocycles. The van der Waals surface area contributed by atoms with E-state index >= 15 is 0 Å². The van der Waals surface area contributed by atoms with Gasteiger partial charge in [-0.3, -0.25) is 4.79 Å². The second-order valence-electron chi connectivity index (χ2n) is 6.54. The van der Waals surface area contributed by atoms with Gasteiger partial charge in [-0.05, 0) is 43.2 Å². The third-order valence-corrected chi connectivity index (χ3v) is 4.34. The van der Waals surface area contributed by atoms with Crippen molar-refractivity contribution in [2.24, 2.45) is 0 Å². The van der Waals surface area contributed by atoms with Gasteiger partial charge in [0.15, 0.2) is 11.5 Å². The summed E-state index contributed by atoms with van der Waals surface area (Å²) >= 11 is 0. The van der Waals surface area contributed by atoms with E-state index in [1.54, 1.807) is 0 Å². The van der Waals surface area contributed by atoms with Gasteiger partial charge in [0.2, 0.25) is 0 Å². The largest absolute Gasteiger partial charge is 0.486 e. The van der Waals surface area contributed by atoms with Gasteiger partial charge in [0.25, 0.3) is 5.91 Å². The normalized spacial score (nSPS) is 12.4. The third kappa shape index (κ3) is 3.88. The number of aromatic nitrogens is 2. The topological polar surface area (TPSA) is 85.4 Å². The highest BCUT2D eigenvalue weighted by atomic mass is 16.6. The predicted octanol–water partition coefficient (Wildman–Crippen LogP) is 3.86. The van der Waals surface area contributed by atoms with Crippen LogP contribution in [0.5, 0.6) is 11.5 Å². The van der Waals surface area contributed by atoms with E-state index in [4.69, 9.17) is 9.47 Å². The van der Waals surface area contributed by atoms with E-state index in [0.29, 0.717) is 24.8 Å². The van der Waals surface area contributed by atoms with Gasteiger partial charge in [0.05, 0.1) is 12.4 Å². The van der Waals surface area contributed by atoms with E-state index in [-0.39, 0.29) is 11.6 Å². The van der Waals surface area contributed by atoms with Gasteiger partial charge in [-0.25, -0.2) is 9.97 Å². The maximum atomic E-state index is 12.4. The van der Waals surface area contributed by atoms with Gasteiger partial charge in [-0.1, -0.05) is 12.1 Å². The molecule has 0 fully saturated rings. The maximum absolute atomic E-state index is 12.4. The Bertz CT molecular complexity index is 1020. The van der Waals surface area contributed by atoms with Crippen LogP contribution in [0.4, 0.5) is 17.2 Å². The van der Waals surface area contributed by atoms with E-state index < -0.39 is 0 Å². The Labute approximate surface area is 162 Å². The number of hydrogen-bond acceptors (Lipinski definition) is 6. The molecular formula is C21H20N4O3. The van der Waals surface area contributed by atoms with Gasteiger partial charge in [-0.2, -0.15) is 0 Å². The molecule has 0 spiro atoms. The molecule has 1 aliphatic rings. The SMILES string of the molecule is Cc1ccc(C)c(NC(=O)c2cnc(Nc3ccc4c(c3)OCCO4)cn2)c1. The smallest absolute Gasteiger partial charge is 0.275 e. The first kappa shape index (κ1) is 17.8. The molecule has 2 aromatic carbocycles. The highest BCUT2D eigenvalue weighted by Crippen LogP contribution is 2.33. The van der Waals surface area contributed by atoms with Crippen molar-refractivity contribution in [1.29, 1.82) is 0 Å². The minimum atomic E-state index is -0.299.